The van der Waals surface area contributed by atoms with Crippen molar-refractivity contribution in [2.24, 2.45) is 0 Å². The van der Waals surface area contributed by atoms with Gasteiger partial charge in [0.1, 0.15) is 13.5 Å². The van der Waals surface area contributed by atoms with Crippen molar-refractivity contribution in [2.75, 3.05) is 0 Å². The van der Waals surface area contributed by atoms with Crippen molar-refractivity contribution >= 4 is 13.8 Å². The molecule has 0 aromatic carbocycles. The van der Waals surface area contributed by atoms with Crippen molar-refractivity contribution in [3.63, 3.8) is 0 Å². The molecule has 4 heteroatoms. The SMILES string of the molecule is [B]C1(NC(=O)c2cccc(C3CCCC3)n2)CCCCCCCCC1. The fraction of sp³-hybridized carbons (Fsp3) is 0.714. The van der Waals surface area contributed by atoms with Gasteiger partial charge in [-0.3, -0.25) is 4.79 Å². The molecule has 1 amide bonds. The number of aromatic nitrogens is 1. The highest BCUT2D eigenvalue weighted by molar-refractivity contribution is 6.17. The molecule has 0 saturated heterocycles. The Morgan fingerprint density at radius 3 is 2.20 bits per heavy atom. The van der Waals surface area contributed by atoms with Gasteiger partial charge in [0.05, 0.1) is 0 Å². The van der Waals surface area contributed by atoms with Crippen LogP contribution in [0.1, 0.15) is 106 Å². The van der Waals surface area contributed by atoms with Gasteiger partial charge in [0, 0.05) is 17.1 Å². The normalized spacial score (nSPS) is 22.4. The second kappa shape index (κ2) is 8.87. The minimum Gasteiger partial charge on any atom is -0.354 e. The molecule has 1 N–H and O–H groups in total. The van der Waals surface area contributed by atoms with Crippen LogP contribution in [0.2, 0.25) is 0 Å². The maximum atomic E-state index is 12.8. The van der Waals surface area contributed by atoms with E-state index in [4.69, 9.17) is 7.85 Å². The Balaban J connectivity index is 1.65. The second-order valence-electron chi connectivity index (χ2n) is 8.01. The van der Waals surface area contributed by atoms with Gasteiger partial charge in [0.2, 0.25) is 0 Å². The van der Waals surface area contributed by atoms with Gasteiger partial charge in [0.15, 0.2) is 0 Å². The molecule has 2 saturated carbocycles. The van der Waals surface area contributed by atoms with E-state index in [-0.39, 0.29) is 5.91 Å². The lowest BCUT2D eigenvalue weighted by atomic mass is 9.69. The number of nitrogens with one attached hydrogen (secondary N) is 1. The van der Waals surface area contributed by atoms with E-state index in [1.807, 2.05) is 12.1 Å². The lowest BCUT2D eigenvalue weighted by Crippen LogP contribution is -2.49. The van der Waals surface area contributed by atoms with Crippen molar-refractivity contribution in [1.29, 1.82) is 0 Å². The molecule has 0 spiro atoms. The van der Waals surface area contributed by atoms with Crippen molar-refractivity contribution < 1.29 is 4.79 Å². The zero-order valence-electron chi connectivity index (χ0n) is 15.4. The van der Waals surface area contributed by atoms with E-state index >= 15 is 0 Å². The third-order valence-corrected chi connectivity index (χ3v) is 5.88. The standard InChI is InChI=1S/C21H31BN2O/c22-21(15-8-4-2-1-3-5-9-16-21)24-20(25)19-14-10-13-18(23-19)17-11-6-7-12-17/h10,13-14,17H,1-9,11-12,15-16H2,(H,24,25). The number of hydrogen-bond acceptors (Lipinski definition) is 2. The van der Waals surface area contributed by atoms with Gasteiger partial charge >= 0.3 is 0 Å². The first-order chi connectivity index (χ1) is 12.2. The fourth-order valence-corrected chi connectivity index (χ4v) is 4.33. The van der Waals surface area contributed by atoms with Crippen LogP contribution < -0.4 is 5.32 Å². The monoisotopic (exact) mass is 338 g/mol. The summed E-state index contributed by atoms with van der Waals surface area (Å²) in [6.45, 7) is 0. The highest BCUT2D eigenvalue weighted by Gasteiger charge is 2.27. The molecule has 2 radical (unpaired) electrons. The Hall–Kier alpha value is -1.32. The first-order valence-corrected chi connectivity index (χ1v) is 10.2. The summed E-state index contributed by atoms with van der Waals surface area (Å²) in [6, 6.07) is 5.85. The van der Waals surface area contributed by atoms with Crippen molar-refractivity contribution in [3.05, 3.63) is 29.6 Å². The molecule has 3 nitrogen and oxygen atoms in total. The molecule has 0 unspecified atom stereocenters. The van der Waals surface area contributed by atoms with Gasteiger partial charge < -0.3 is 5.32 Å². The minimum atomic E-state index is -0.584. The summed E-state index contributed by atoms with van der Waals surface area (Å²) >= 11 is 0. The van der Waals surface area contributed by atoms with Crippen LogP contribution in [0, 0.1) is 0 Å². The molecule has 25 heavy (non-hydrogen) atoms. The first kappa shape index (κ1) is 18.5. The van der Waals surface area contributed by atoms with Crippen LogP contribution in [0.5, 0.6) is 0 Å². The molecule has 1 aromatic rings. The van der Waals surface area contributed by atoms with Crippen LogP contribution >= 0.6 is 0 Å². The van der Waals surface area contributed by atoms with E-state index in [0.717, 1.165) is 31.4 Å². The Kier molecular flexibility index (Phi) is 6.55. The Morgan fingerprint density at radius 1 is 0.960 bits per heavy atom. The van der Waals surface area contributed by atoms with Crippen molar-refractivity contribution in [3.8, 4) is 0 Å². The van der Waals surface area contributed by atoms with E-state index in [2.05, 4.69) is 16.4 Å². The lowest BCUT2D eigenvalue weighted by Gasteiger charge is -2.32. The van der Waals surface area contributed by atoms with Crippen LogP contribution in [0.4, 0.5) is 0 Å². The third-order valence-electron chi connectivity index (χ3n) is 5.88. The number of carbonyl (C=O) groups excluding carboxylic acids is 1. The Labute approximate surface area is 153 Å². The molecular weight excluding hydrogens is 307 g/mol. The Bertz CT molecular complexity index is 559. The molecule has 3 rings (SSSR count). The van der Waals surface area contributed by atoms with Gasteiger partial charge in [-0.25, -0.2) is 4.98 Å². The van der Waals surface area contributed by atoms with Crippen LogP contribution in [0.25, 0.3) is 0 Å². The molecule has 134 valence electrons. The number of hydrogen-bond donors (Lipinski definition) is 1. The summed E-state index contributed by atoms with van der Waals surface area (Å²) in [5.41, 5.74) is 1.01. The summed E-state index contributed by atoms with van der Waals surface area (Å²) in [5.74, 6) is 0.410. The largest absolute Gasteiger partial charge is 0.354 e. The molecule has 1 aromatic heterocycles. The van der Waals surface area contributed by atoms with Crippen LogP contribution in [0.15, 0.2) is 18.2 Å². The average molecular weight is 338 g/mol. The molecule has 2 fully saturated rings. The van der Waals surface area contributed by atoms with E-state index in [9.17, 15) is 4.79 Å². The highest BCUT2D eigenvalue weighted by Crippen LogP contribution is 2.33. The second-order valence-corrected chi connectivity index (χ2v) is 8.01. The predicted octanol–water partition coefficient (Wildman–Crippen LogP) is 4.86. The number of rotatable bonds is 3. The summed E-state index contributed by atoms with van der Waals surface area (Å²) in [6.07, 6.45) is 15.2. The molecule has 1 heterocycles. The van der Waals surface area contributed by atoms with Gasteiger partial charge in [-0.15, -0.1) is 0 Å². The summed E-state index contributed by atoms with van der Waals surface area (Å²) in [7, 11) is 6.59. The first-order valence-electron chi connectivity index (χ1n) is 10.2. The van der Waals surface area contributed by atoms with Gasteiger partial charge in [-0.2, -0.15) is 0 Å². The zero-order chi connectivity index (χ0) is 17.5. The average Bonchev–Trinajstić information content (AvgIpc) is 3.15. The fourth-order valence-electron chi connectivity index (χ4n) is 4.33. The minimum absolute atomic E-state index is 0.112. The van der Waals surface area contributed by atoms with Crippen LogP contribution in [0.3, 0.4) is 0 Å². The van der Waals surface area contributed by atoms with E-state index in [1.54, 1.807) is 0 Å². The van der Waals surface area contributed by atoms with Gasteiger partial charge in [-0.05, 0) is 37.8 Å². The van der Waals surface area contributed by atoms with Crippen molar-refractivity contribution in [1.82, 2.24) is 10.3 Å². The van der Waals surface area contributed by atoms with E-state index in [1.165, 1.54) is 57.8 Å². The van der Waals surface area contributed by atoms with Crippen LogP contribution in [-0.2, 0) is 0 Å². The maximum Gasteiger partial charge on any atom is 0.269 e. The summed E-state index contributed by atoms with van der Waals surface area (Å²) in [4.78, 5) is 17.4. The zero-order valence-corrected chi connectivity index (χ0v) is 15.4. The quantitative estimate of drug-likeness (QED) is 0.800. The number of pyridine rings is 1. The molecule has 2 aliphatic carbocycles. The predicted molar refractivity (Wildman–Crippen MR) is 103 cm³/mol. The molecule has 0 aliphatic heterocycles. The van der Waals surface area contributed by atoms with E-state index in [0.29, 0.717) is 11.6 Å². The smallest absolute Gasteiger partial charge is 0.269 e. The summed E-state index contributed by atoms with van der Waals surface area (Å²) in [5, 5.41) is 3.12. The number of nitrogens with zero attached hydrogens (tertiary/aromatic N) is 1. The van der Waals surface area contributed by atoms with Gasteiger partial charge in [0.25, 0.3) is 5.91 Å². The third kappa shape index (κ3) is 5.33. The number of carbonyl (C=O) groups is 1. The maximum absolute atomic E-state index is 12.8. The lowest BCUT2D eigenvalue weighted by molar-refractivity contribution is 0.0913. The highest BCUT2D eigenvalue weighted by atomic mass is 16.2. The molecular formula is C21H31BN2O. The molecule has 0 bridgehead atoms. The van der Waals surface area contributed by atoms with Crippen molar-refractivity contribution in [2.45, 2.75) is 94.8 Å². The van der Waals surface area contributed by atoms with E-state index < -0.39 is 5.44 Å². The summed E-state index contributed by atoms with van der Waals surface area (Å²) < 4.78 is 0. The van der Waals surface area contributed by atoms with Gasteiger partial charge in [-0.1, -0.05) is 63.9 Å². The number of amides is 1. The molecule has 2 aliphatic rings. The topological polar surface area (TPSA) is 42.0 Å². The molecule has 0 atom stereocenters. The Morgan fingerprint density at radius 2 is 1.56 bits per heavy atom. The van der Waals surface area contributed by atoms with Crippen LogP contribution in [-0.4, -0.2) is 24.2 Å².